The molecule has 2 amide bonds. The van der Waals surface area contributed by atoms with Crippen LogP contribution in [-0.2, 0) is 6.18 Å². The highest BCUT2D eigenvalue weighted by Crippen LogP contribution is 2.33. The summed E-state index contributed by atoms with van der Waals surface area (Å²) in [7, 11) is 1.35. The zero-order valence-corrected chi connectivity index (χ0v) is 15.8. The molecule has 13 heteroatoms. The zero-order valence-electron chi connectivity index (χ0n) is 15.1. The topological polar surface area (TPSA) is 102 Å². The molecule has 1 N–H and O–H groups in total. The number of amides is 2. The summed E-state index contributed by atoms with van der Waals surface area (Å²) in [4.78, 5) is 29.2. The first-order chi connectivity index (χ1) is 13.7. The average molecular weight is 427 g/mol. The number of alkyl halides is 3. The van der Waals surface area contributed by atoms with Gasteiger partial charge < -0.3 is 5.32 Å². The number of hydrogen-bond acceptors (Lipinski definition) is 6. The van der Waals surface area contributed by atoms with E-state index >= 15 is 0 Å². The van der Waals surface area contributed by atoms with E-state index in [1.807, 2.05) is 0 Å². The van der Waals surface area contributed by atoms with Crippen LogP contribution in [0.3, 0.4) is 0 Å². The van der Waals surface area contributed by atoms with Crippen molar-refractivity contribution in [3.63, 3.8) is 0 Å². The number of aromatic nitrogens is 6. The van der Waals surface area contributed by atoms with Gasteiger partial charge in [-0.1, -0.05) is 11.6 Å². The number of nitrogens with zero attached hydrogens (tertiary/aromatic N) is 7. The summed E-state index contributed by atoms with van der Waals surface area (Å²) in [6.45, 7) is 1.65. The van der Waals surface area contributed by atoms with Gasteiger partial charge in [0.1, 0.15) is 12.0 Å². The third-order valence-corrected chi connectivity index (χ3v) is 4.14. The molecule has 3 heterocycles. The molecular formula is C16H14ClF3N8O. The van der Waals surface area contributed by atoms with Gasteiger partial charge in [0.15, 0.2) is 5.82 Å². The maximum Gasteiger partial charge on any atom is 0.433 e. The first-order valence-corrected chi connectivity index (χ1v) is 8.50. The normalized spacial score (nSPS) is 12.5. The van der Waals surface area contributed by atoms with E-state index in [1.54, 1.807) is 13.0 Å². The van der Waals surface area contributed by atoms with Gasteiger partial charge in [-0.3, -0.25) is 4.90 Å². The summed E-state index contributed by atoms with van der Waals surface area (Å²) in [5.41, 5.74) is -1.14. The van der Waals surface area contributed by atoms with Crippen molar-refractivity contribution < 1.29 is 18.0 Å². The lowest BCUT2D eigenvalue weighted by molar-refractivity contribution is -0.141. The molecule has 0 spiro atoms. The summed E-state index contributed by atoms with van der Waals surface area (Å²) >= 11 is 5.91. The van der Waals surface area contributed by atoms with Crippen molar-refractivity contribution in [3.8, 4) is 5.95 Å². The summed E-state index contributed by atoms with van der Waals surface area (Å²) < 4.78 is 39.5. The number of nitrogens with one attached hydrogen (secondary N) is 1. The van der Waals surface area contributed by atoms with Crippen molar-refractivity contribution in [2.24, 2.45) is 0 Å². The van der Waals surface area contributed by atoms with E-state index in [0.29, 0.717) is 11.9 Å². The van der Waals surface area contributed by atoms with Crippen LogP contribution >= 0.6 is 11.6 Å². The summed E-state index contributed by atoms with van der Waals surface area (Å²) in [5, 5.41) is 6.44. The molecule has 9 nitrogen and oxygen atoms in total. The van der Waals surface area contributed by atoms with Crippen molar-refractivity contribution in [3.05, 3.63) is 53.6 Å². The lowest BCUT2D eigenvalue weighted by Gasteiger charge is -2.22. The van der Waals surface area contributed by atoms with E-state index in [0.717, 1.165) is 11.1 Å². The molecule has 1 atom stereocenters. The van der Waals surface area contributed by atoms with Crippen LogP contribution in [0, 0.1) is 0 Å². The standard InChI is InChI=1S/C16H14ClF3N8O/c1-9(13-24-8-25-28(13)14-21-4-3-5-22-14)26-15(29)27(2)11-7-23-12(6-10(11)17)16(18,19)20/h3-9H,1-2H3,(H,26,29)/t9-/m0/s1. The highest BCUT2D eigenvalue weighted by molar-refractivity contribution is 6.33. The Hall–Kier alpha value is -3.28. The van der Waals surface area contributed by atoms with Gasteiger partial charge in [-0.25, -0.2) is 24.7 Å². The molecule has 29 heavy (non-hydrogen) atoms. The van der Waals surface area contributed by atoms with Gasteiger partial charge in [-0.2, -0.15) is 23.0 Å². The SMILES string of the molecule is C[C@H](NC(=O)N(C)c1cnc(C(F)(F)F)cc1Cl)c1ncnn1-c1ncccn1. The maximum atomic E-state index is 12.7. The minimum atomic E-state index is -4.64. The van der Waals surface area contributed by atoms with Gasteiger partial charge in [-0.15, -0.1) is 0 Å². The molecule has 0 aliphatic rings. The Bertz CT molecular complexity index is 1010. The highest BCUT2D eigenvalue weighted by Gasteiger charge is 2.33. The number of urea groups is 1. The summed E-state index contributed by atoms with van der Waals surface area (Å²) in [6.07, 6.45) is 0.598. The van der Waals surface area contributed by atoms with Gasteiger partial charge in [-0.05, 0) is 19.1 Å². The Morgan fingerprint density at radius 2 is 1.93 bits per heavy atom. The molecule has 152 valence electrons. The molecule has 3 aromatic heterocycles. The number of halogens is 4. The molecule has 0 aliphatic heterocycles. The van der Waals surface area contributed by atoms with E-state index in [2.05, 4.69) is 30.4 Å². The van der Waals surface area contributed by atoms with Crippen molar-refractivity contribution in [2.75, 3.05) is 11.9 Å². The fourth-order valence-corrected chi connectivity index (χ4v) is 2.66. The number of pyridine rings is 1. The Labute approximate surface area is 167 Å². The largest absolute Gasteiger partial charge is 0.433 e. The van der Waals surface area contributed by atoms with E-state index in [4.69, 9.17) is 11.6 Å². The number of hydrogen-bond donors (Lipinski definition) is 1. The lowest BCUT2D eigenvalue weighted by Crippen LogP contribution is -2.39. The van der Waals surface area contributed by atoms with Gasteiger partial charge in [0.25, 0.3) is 5.95 Å². The van der Waals surface area contributed by atoms with Gasteiger partial charge in [0.2, 0.25) is 0 Å². The molecule has 0 aromatic carbocycles. The molecule has 0 fully saturated rings. The molecule has 0 unspecified atom stereocenters. The second-order valence-electron chi connectivity index (χ2n) is 5.83. The van der Waals surface area contributed by atoms with Crippen LogP contribution in [0.15, 0.2) is 37.1 Å². The second kappa shape index (κ2) is 7.99. The number of anilines is 1. The van der Waals surface area contributed by atoms with Crippen molar-refractivity contribution in [1.29, 1.82) is 0 Å². The van der Waals surface area contributed by atoms with E-state index in [1.165, 1.54) is 30.5 Å². The van der Waals surface area contributed by atoms with Gasteiger partial charge >= 0.3 is 12.2 Å². The minimum Gasteiger partial charge on any atom is -0.328 e. The Morgan fingerprint density at radius 3 is 2.55 bits per heavy atom. The second-order valence-corrected chi connectivity index (χ2v) is 6.23. The maximum absolute atomic E-state index is 12.7. The predicted octanol–water partition coefficient (Wildman–Crippen LogP) is 3.03. The fraction of sp³-hybridized carbons (Fsp3) is 0.250. The van der Waals surface area contributed by atoms with Crippen molar-refractivity contribution >= 4 is 23.3 Å². The predicted molar refractivity (Wildman–Crippen MR) is 96.5 cm³/mol. The van der Waals surface area contributed by atoms with Gasteiger partial charge in [0, 0.05) is 19.4 Å². The average Bonchev–Trinajstić information content (AvgIpc) is 3.17. The van der Waals surface area contributed by atoms with Crippen LogP contribution in [0.5, 0.6) is 0 Å². The van der Waals surface area contributed by atoms with Crippen LogP contribution in [0.2, 0.25) is 5.02 Å². The number of carbonyl (C=O) groups excluding carboxylic acids is 1. The van der Waals surface area contributed by atoms with E-state index in [9.17, 15) is 18.0 Å². The quantitative estimate of drug-likeness (QED) is 0.688. The molecule has 0 bridgehead atoms. The Balaban J connectivity index is 1.76. The number of rotatable bonds is 4. The molecule has 0 saturated heterocycles. The fourth-order valence-electron chi connectivity index (χ4n) is 2.38. The number of carbonyl (C=O) groups is 1. The summed E-state index contributed by atoms with van der Waals surface area (Å²) in [5.74, 6) is 0.624. The van der Waals surface area contributed by atoms with Crippen molar-refractivity contribution in [2.45, 2.75) is 19.1 Å². The molecular weight excluding hydrogens is 413 g/mol. The van der Waals surface area contributed by atoms with Crippen LogP contribution in [0.25, 0.3) is 5.95 Å². The van der Waals surface area contributed by atoms with Gasteiger partial charge in [0.05, 0.1) is 22.9 Å². The van der Waals surface area contributed by atoms with E-state index in [-0.39, 0.29) is 16.7 Å². The molecule has 3 aromatic rings. The van der Waals surface area contributed by atoms with Crippen LogP contribution in [0.4, 0.5) is 23.7 Å². The zero-order chi connectivity index (χ0) is 21.2. The minimum absolute atomic E-state index is 0.0113. The molecule has 0 radical (unpaired) electrons. The monoisotopic (exact) mass is 426 g/mol. The van der Waals surface area contributed by atoms with Crippen LogP contribution in [0.1, 0.15) is 24.5 Å². The smallest absolute Gasteiger partial charge is 0.328 e. The van der Waals surface area contributed by atoms with Crippen LogP contribution < -0.4 is 10.2 Å². The molecule has 0 aliphatic carbocycles. The van der Waals surface area contributed by atoms with E-state index < -0.39 is 23.9 Å². The molecule has 0 saturated carbocycles. The Kier molecular flexibility index (Phi) is 5.64. The highest BCUT2D eigenvalue weighted by atomic mass is 35.5. The Morgan fingerprint density at radius 1 is 1.24 bits per heavy atom. The van der Waals surface area contributed by atoms with Crippen molar-refractivity contribution in [1.82, 2.24) is 35.0 Å². The first-order valence-electron chi connectivity index (χ1n) is 8.12. The lowest BCUT2D eigenvalue weighted by atomic mass is 10.3. The van der Waals surface area contributed by atoms with Crippen LogP contribution in [-0.4, -0.2) is 42.8 Å². The third-order valence-electron chi connectivity index (χ3n) is 3.83. The third kappa shape index (κ3) is 4.42. The summed E-state index contributed by atoms with van der Waals surface area (Å²) in [6, 6.07) is 1.04. The molecule has 3 rings (SSSR count). The first kappa shape index (κ1) is 20.5.